The number of rotatable bonds is 12. The number of hydrogen-bond donors (Lipinski definition) is 4. The quantitative estimate of drug-likeness (QED) is 0.247. The van der Waals surface area contributed by atoms with Gasteiger partial charge in [0.25, 0.3) is 0 Å². The zero-order valence-electron chi connectivity index (χ0n) is 21.9. The Morgan fingerprint density at radius 3 is 2.55 bits per heavy atom. The first-order valence-electron chi connectivity index (χ1n) is 12.3. The number of aliphatic hydroxyl groups is 3. The van der Waals surface area contributed by atoms with Crippen molar-refractivity contribution in [1.29, 1.82) is 0 Å². The Labute approximate surface area is 255 Å². The van der Waals surface area contributed by atoms with Gasteiger partial charge in [-0.3, -0.25) is 9.59 Å². The number of nitrogens with zero attached hydrogens (tertiary/aromatic N) is 1. The molecule has 2 amide bonds. The van der Waals surface area contributed by atoms with E-state index in [-0.39, 0.29) is 44.9 Å². The number of carbonyl (C=O) groups excluding carboxylic acids is 2. The lowest BCUT2D eigenvalue weighted by molar-refractivity contribution is -0.143. The summed E-state index contributed by atoms with van der Waals surface area (Å²) >= 11 is 14.5. The third-order valence-corrected chi connectivity index (χ3v) is 7.67. The molecule has 2 aromatic carbocycles. The Bertz CT molecular complexity index is 1250. The van der Waals surface area contributed by atoms with Crippen LogP contribution in [0.3, 0.4) is 0 Å². The van der Waals surface area contributed by atoms with Gasteiger partial charge in [0, 0.05) is 42.2 Å². The summed E-state index contributed by atoms with van der Waals surface area (Å²) < 4.78 is 17.4. The van der Waals surface area contributed by atoms with Crippen molar-refractivity contribution < 1.29 is 39.1 Å². The van der Waals surface area contributed by atoms with Crippen LogP contribution in [-0.2, 0) is 27.5 Å². The van der Waals surface area contributed by atoms with E-state index in [2.05, 4.69) is 5.32 Å². The highest BCUT2D eigenvalue weighted by Crippen LogP contribution is 2.37. The molecule has 0 radical (unpaired) electrons. The summed E-state index contributed by atoms with van der Waals surface area (Å²) in [5.41, 5.74) is 1.44. The minimum absolute atomic E-state index is 0.00334. The first-order valence-corrected chi connectivity index (χ1v) is 14.1. The molecule has 1 aliphatic rings. The Balaban J connectivity index is 2.05. The van der Waals surface area contributed by atoms with E-state index < -0.39 is 30.1 Å². The molecular formula is C27H31Cl2IN2O8. The lowest BCUT2D eigenvalue weighted by atomic mass is 9.87. The van der Waals surface area contributed by atoms with Gasteiger partial charge in [0.2, 0.25) is 11.8 Å². The van der Waals surface area contributed by atoms with Gasteiger partial charge in [-0.25, -0.2) is 0 Å². The molecule has 0 bridgehead atoms. The van der Waals surface area contributed by atoms with Gasteiger partial charge in [0.15, 0.2) is 11.5 Å². The highest BCUT2D eigenvalue weighted by Gasteiger charge is 2.41. The highest BCUT2D eigenvalue weighted by atomic mass is 127. The van der Waals surface area contributed by atoms with Crippen LogP contribution in [0, 0.1) is 3.57 Å². The second-order valence-corrected chi connectivity index (χ2v) is 11.0. The third kappa shape index (κ3) is 7.99. The van der Waals surface area contributed by atoms with E-state index in [1.165, 1.54) is 25.2 Å². The van der Waals surface area contributed by atoms with Crippen molar-refractivity contribution in [3.8, 4) is 11.5 Å². The van der Waals surface area contributed by atoms with E-state index >= 15 is 0 Å². The number of methoxy groups -OCH3 is 2. The van der Waals surface area contributed by atoms with Gasteiger partial charge in [-0.1, -0.05) is 29.3 Å². The lowest BCUT2D eigenvalue weighted by Crippen LogP contribution is -2.55. The van der Waals surface area contributed by atoms with Crippen molar-refractivity contribution in [2.45, 2.75) is 37.8 Å². The molecule has 3 rings (SSSR count). The van der Waals surface area contributed by atoms with E-state index in [0.29, 0.717) is 36.2 Å². The Hall–Kier alpha value is -2.13. The smallest absolute Gasteiger partial charge is 0.249 e. The molecule has 13 heteroatoms. The van der Waals surface area contributed by atoms with Gasteiger partial charge < -0.3 is 39.7 Å². The molecule has 2 aromatic rings. The molecule has 40 heavy (non-hydrogen) atoms. The highest BCUT2D eigenvalue weighted by molar-refractivity contribution is 14.1. The van der Waals surface area contributed by atoms with Crippen molar-refractivity contribution in [2.75, 3.05) is 34.0 Å². The van der Waals surface area contributed by atoms with Crippen LogP contribution in [0.5, 0.6) is 11.5 Å². The van der Waals surface area contributed by atoms with Gasteiger partial charge in [-0.15, -0.1) is 0 Å². The zero-order valence-corrected chi connectivity index (χ0v) is 25.6. The second-order valence-electron chi connectivity index (χ2n) is 8.97. The first kappa shape index (κ1) is 32.4. The first-order chi connectivity index (χ1) is 19.1. The standard InChI is InChI=1S/C27H31Cl2IN2O8/c1-38-14-24(35)32(12-16-3-4-18(28)11-19(16)29)21-9-17(27(37)31-5-6-33)10-22(25(21)36)40-26-20(30)7-15(13-34)8-23(26)39-2/h3-4,7-8,10-11,21-22,25,33-34,36H,5-6,9,12-14H2,1-2H3,(H,31,37)/t21-,22+,25+/m1/s1. The maximum atomic E-state index is 13.3. The van der Waals surface area contributed by atoms with Gasteiger partial charge in [-0.2, -0.15) is 0 Å². The van der Waals surface area contributed by atoms with E-state index in [1.807, 2.05) is 22.6 Å². The molecule has 0 fully saturated rings. The summed E-state index contributed by atoms with van der Waals surface area (Å²) in [7, 11) is 2.83. The van der Waals surface area contributed by atoms with Crippen molar-refractivity contribution in [1.82, 2.24) is 10.2 Å². The maximum absolute atomic E-state index is 13.3. The topological polar surface area (TPSA) is 138 Å². The molecule has 10 nitrogen and oxygen atoms in total. The van der Waals surface area contributed by atoms with Crippen molar-refractivity contribution in [3.63, 3.8) is 0 Å². The van der Waals surface area contributed by atoms with Crippen LogP contribution in [0.25, 0.3) is 0 Å². The van der Waals surface area contributed by atoms with Crippen LogP contribution in [0.2, 0.25) is 10.0 Å². The van der Waals surface area contributed by atoms with E-state index in [1.54, 1.807) is 30.3 Å². The second kappa shape index (κ2) is 15.2. The largest absolute Gasteiger partial charge is 0.493 e. The molecule has 0 aromatic heterocycles. The number of benzene rings is 2. The average Bonchev–Trinajstić information content (AvgIpc) is 2.93. The van der Waals surface area contributed by atoms with Gasteiger partial charge >= 0.3 is 0 Å². The number of ether oxygens (including phenoxy) is 3. The number of aliphatic hydroxyl groups excluding tert-OH is 3. The van der Waals surface area contributed by atoms with Crippen molar-refractivity contribution in [2.24, 2.45) is 0 Å². The Morgan fingerprint density at radius 2 is 1.93 bits per heavy atom. The number of nitrogens with one attached hydrogen (secondary N) is 1. The number of carbonyl (C=O) groups is 2. The van der Waals surface area contributed by atoms with Gasteiger partial charge in [-0.05, 0) is 64.1 Å². The summed E-state index contributed by atoms with van der Waals surface area (Å²) in [5.74, 6) is -0.287. The van der Waals surface area contributed by atoms with E-state index in [0.717, 1.165) is 0 Å². The monoisotopic (exact) mass is 708 g/mol. The summed E-state index contributed by atoms with van der Waals surface area (Å²) in [6, 6.07) is 7.28. The molecule has 3 atom stereocenters. The molecule has 0 unspecified atom stereocenters. The molecule has 0 aliphatic heterocycles. The average molecular weight is 709 g/mol. The van der Waals surface area contributed by atoms with Gasteiger partial charge in [0.1, 0.15) is 18.8 Å². The van der Waals surface area contributed by atoms with E-state index in [9.17, 15) is 24.9 Å². The zero-order chi connectivity index (χ0) is 29.4. The Kier molecular flexibility index (Phi) is 12.3. The third-order valence-electron chi connectivity index (χ3n) is 6.28. The minimum atomic E-state index is -1.28. The summed E-state index contributed by atoms with van der Waals surface area (Å²) in [5, 5.41) is 33.7. The summed E-state index contributed by atoms with van der Waals surface area (Å²) in [4.78, 5) is 27.7. The molecule has 218 valence electrons. The van der Waals surface area contributed by atoms with Crippen LogP contribution < -0.4 is 14.8 Å². The molecule has 0 saturated heterocycles. The summed E-state index contributed by atoms with van der Waals surface area (Å²) in [6.45, 7) is -0.713. The van der Waals surface area contributed by atoms with Crippen LogP contribution in [-0.4, -0.2) is 84.3 Å². The molecule has 0 spiro atoms. The van der Waals surface area contributed by atoms with Crippen molar-refractivity contribution >= 4 is 57.6 Å². The fourth-order valence-corrected chi connectivity index (χ4v) is 5.59. The predicted molar refractivity (Wildman–Crippen MR) is 158 cm³/mol. The van der Waals surface area contributed by atoms with Crippen LogP contribution in [0.4, 0.5) is 0 Å². The summed E-state index contributed by atoms with van der Waals surface area (Å²) in [6.07, 6.45) is -0.859. The number of halogens is 3. The normalized spacial score (nSPS) is 18.6. The fraction of sp³-hybridized carbons (Fsp3) is 0.407. The SMILES string of the molecule is COCC(=O)N(Cc1ccc(Cl)cc1Cl)[C@@H]1CC(C(=O)NCCO)=C[C@H](Oc2c(I)cc(CO)cc2OC)[C@H]1O. The number of hydrogen-bond acceptors (Lipinski definition) is 8. The fourth-order valence-electron chi connectivity index (χ4n) is 4.32. The molecule has 4 N–H and O–H groups in total. The molecular weight excluding hydrogens is 678 g/mol. The Morgan fingerprint density at radius 1 is 1.18 bits per heavy atom. The van der Waals surface area contributed by atoms with Gasteiger partial charge in [0.05, 0.1) is 29.9 Å². The maximum Gasteiger partial charge on any atom is 0.249 e. The molecule has 1 aliphatic carbocycles. The lowest BCUT2D eigenvalue weighted by Gasteiger charge is -2.40. The number of amides is 2. The minimum Gasteiger partial charge on any atom is -0.493 e. The predicted octanol–water partition coefficient (Wildman–Crippen LogP) is 2.69. The van der Waals surface area contributed by atoms with Crippen molar-refractivity contribution in [3.05, 3.63) is 66.7 Å². The van der Waals surface area contributed by atoms with Crippen LogP contribution >= 0.6 is 45.8 Å². The van der Waals surface area contributed by atoms with E-state index in [4.69, 9.17) is 37.4 Å². The molecule has 0 heterocycles. The van der Waals surface area contributed by atoms with Crippen LogP contribution in [0.15, 0.2) is 42.0 Å². The van der Waals surface area contributed by atoms with Crippen LogP contribution in [0.1, 0.15) is 17.5 Å². The molecule has 0 saturated carbocycles.